The van der Waals surface area contributed by atoms with E-state index in [0.29, 0.717) is 11.5 Å². The van der Waals surface area contributed by atoms with Crippen LogP contribution in [-0.4, -0.2) is 41.6 Å². The normalized spacial score (nSPS) is 14.9. The van der Waals surface area contributed by atoms with Crippen molar-refractivity contribution in [3.05, 3.63) is 65.1 Å². The summed E-state index contributed by atoms with van der Waals surface area (Å²) in [6, 6.07) is 6.74. The molecule has 8 nitrogen and oxygen atoms in total. The van der Waals surface area contributed by atoms with E-state index >= 15 is 0 Å². The quantitative estimate of drug-likeness (QED) is 0.254. The molecule has 39 heavy (non-hydrogen) atoms. The molecule has 5 rings (SSSR count). The van der Waals surface area contributed by atoms with Crippen molar-refractivity contribution in [3.8, 4) is 11.5 Å². The van der Waals surface area contributed by atoms with Gasteiger partial charge in [0.05, 0.1) is 5.56 Å². The van der Waals surface area contributed by atoms with Gasteiger partial charge in [0.25, 0.3) is 6.43 Å². The fraction of sp³-hybridized carbons (Fsp3) is 0.346. The maximum absolute atomic E-state index is 13.5. The van der Waals surface area contributed by atoms with Gasteiger partial charge in [-0.1, -0.05) is 18.6 Å². The van der Waals surface area contributed by atoms with Crippen molar-refractivity contribution in [2.75, 3.05) is 5.32 Å². The van der Waals surface area contributed by atoms with Crippen molar-refractivity contribution in [3.63, 3.8) is 0 Å². The Hall–Kier alpha value is -4.16. The molecule has 0 saturated heterocycles. The van der Waals surface area contributed by atoms with E-state index in [1.165, 1.54) is 18.3 Å². The Morgan fingerprint density at radius 2 is 1.85 bits per heavy atom. The number of aromatic nitrogens is 5. The first kappa shape index (κ1) is 26.4. The Balaban J connectivity index is 1.69. The summed E-state index contributed by atoms with van der Waals surface area (Å²) in [5, 5.41) is 12.9. The number of benzene rings is 1. The number of hydrogen-bond acceptors (Lipinski definition) is 6. The molecule has 3 heterocycles. The van der Waals surface area contributed by atoms with Crippen LogP contribution in [0.3, 0.4) is 0 Å². The molecule has 1 aliphatic rings. The standard InChI is InChI=1S/C26H23F5N6O2/c1-13(15-3-2-4-15)33-21-19-22(35-23(34-21)25(38)39)36-24(18-11-16(20(27)28)9-10-32-18)37(19)12-14-5-7-17(8-6-14)26(29,30)31/h5-11,13,15,20H,2-4,12H2,1H3,(H,38,39)(H,33,34,35). The fourth-order valence-corrected chi connectivity index (χ4v) is 4.54. The van der Waals surface area contributed by atoms with E-state index in [2.05, 4.69) is 25.3 Å². The van der Waals surface area contributed by atoms with Crippen molar-refractivity contribution in [1.82, 2.24) is 24.5 Å². The third-order valence-corrected chi connectivity index (χ3v) is 6.90. The third kappa shape index (κ3) is 5.38. The number of nitrogens with zero attached hydrogens (tertiary/aromatic N) is 5. The smallest absolute Gasteiger partial charge is 0.416 e. The van der Waals surface area contributed by atoms with Crippen LogP contribution < -0.4 is 5.32 Å². The van der Waals surface area contributed by atoms with Crippen LogP contribution in [0.5, 0.6) is 0 Å². The molecular weight excluding hydrogens is 523 g/mol. The number of aromatic carboxylic acids is 1. The molecule has 0 spiro atoms. The summed E-state index contributed by atoms with van der Waals surface area (Å²) in [5.74, 6) is -1.28. The minimum absolute atomic E-state index is 0.0168. The lowest BCUT2D eigenvalue weighted by Crippen LogP contribution is -2.31. The summed E-state index contributed by atoms with van der Waals surface area (Å²) in [6.07, 6.45) is -3.02. The van der Waals surface area contributed by atoms with E-state index in [4.69, 9.17) is 0 Å². The van der Waals surface area contributed by atoms with Crippen LogP contribution in [0.1, 0.15) is 59.9 Å². The average Bonchev–Trinajstić information content (AvgIpc) is 3.21. The van der Waals surface area contributed by atoms with E-state index < -0.39 is 30.0 Å². The minimum atomic E-state index is -4.51. The molecule has 0 radical (unpaired) electrons. The summed E-state index contributed by atoms with van der Waals surface area (Å²) in [6.45, 7) is 1.91. The summed E-state index contributed by atoms with van der Waals surface area (Å²) in [5.41, 5.74) is -0.342. The van der Waals surface area contributed by atoms with Crippen LogP contribution in [0, 0.1) is 5.92 Å². The van der Waals surface area contributed by atoms with E-state index in [1.807, 2.05) is 6.92 Å². The predicted molar refractivity (Wildman–Crippen MR) is 131 cm³/mol. The topological polar surface area (TPSA) is 106 Å². The highest BCUT2D eigenvalue weighted by atomic mass is 19.4. The lowest BCUT2D eigenvalue weighted by Gasteiger charge is -2.32. The van der Waals surface area contributed by atoms with Crippen LogP contribution in [-0.2, 0) is 12.7 Å². The third-order valence-electron chi connectivity index (χ3n) is 6.90. The van der Waals surface area contributed by atoms with Gasteiger partial charge in [0, 0.05) is 24.3 Å². The average molecular weight is 546 g/mol. The molecule has 3 aromatic heterocycles. The van der Waals surface area contributed by atoms with E-state index in [0.717, 1.165) is 43.5 Å². The second kappa shape index (κ2) is 10.2. The zero-order valence-electron chi connectivity index (χ0n) is 20.6. The van der Waals surface area contributed by atoms with Gasteiger partial charge in [0.2, 0.25) is 5.82 Å². The number of halogens is 5. The van der Waals surface area contributed by atoms with E-state index in [1.54, 1.807) is 4.57 Å². The summed E-state index contributed by atoms with van der Waals surface area (Å²) >= 11 is 0. The van der Waals surface area contributed by atoms with Gasteiger partial charge >= 0.3 is 12.1 Å². The molecule has 0 amide bonds. The van der Waals surface area contributed by atoms with Crippen LogP contribution in [0.4, 0.5) is 27.8 Å². The minimum Gasteiger partial charge on any atom is -0.475 e. The summed E-state index contributed by atoms with van der Waals surface area (Å²) < 4.78 is 67.8. The number of rotatable bonds is 8. The molecule has 0 bridgehead atoms. The summed E-state index contributed by atoms with van der Waals surface area (Å²) in [7, 11) is 0. The largest absolute Gasteiger partial charge is 0.475 e. The highest BCUT2D eigenvalue weighted by Gasteiger charge is 2.31. The van der Waals surface area contributed by atoms with Crippen molar-refractivity contribution in [2.24, 2.45) is 5.92 Å². The van der Waals surface area contributed by atoms with E-state index in [-0.39, 0.29) is 46.7 Å². The van der Waals surface area contributed by atoms with Gasteiger partial charge < -0.3 is 15.0 Å². The van der Waals surface area contributed by atoms with Crippen LogP contribution in [0.25, 0.3) is 22.7 Å². The first-order chi connectivity index (χ1) is 18.5. The fourth-order valence-electron chi connectivity index (χ4n) is 4.54. The maximum Gasteiger partial charge on any atom is 0.416 e. The molecule has 13 heteroatoms. The molecule has 1 unspecified atom stereocenters. The number of carbonyl (C=O) groups is 1. The van der Waals surface area contributed by atoms with Gasteiger partial charge in [-0.05, 0) is 55.5 Å². The van der Waals surface area contributed by atoms with Gasteiger partial charge in [-0.2, -0.15) is 13.2 Å². The molecule has 1 fully saturated rings. The first-order valence-electron chi connectivity index (χ1n) is 12.2. The molecule has 204 valence electrons. The lowest BCUT2D eigenvalue weighted by atomic mass is 9.80. The predicted octanol–water partition coefficient (Wildman–Crippen LogP) is 6.19. The molecule has 1 saturated carbocycles. The van der Waals surface area contributed by atoms with Gasteiger partial charge in [-0.3, -0.25) is 4.98 Å². The Morgan fingerprint density at radius 3 is 2.44 bits per heavy atom. The molecular formula is C26H23F5N6O2. The molecule has 1 atom stereocenters. The van der Waals surface area contributed by atoms with Crippen LogP contribution >= 0.6 is 0 Å². The molecule has 4 aromatic rings. The first-order valence-corrected chi connectivity index (χ1v) is 12.2. The van der Waals surface area contributed by atoms with Crippen LogP contribution in [0.2, 0.25) is 0 Å². The molecule has 1 aromatic carbocycles. The zero-order valence-corrected chi connectivity index (χ0v) is 20.6. The van der Waals surface area contributed by atoms with Crippen LogP contribution in [0.15, 0.2) is 42.6 Å². The number of carboxylic acids is 1. The number of carboxylic acid groups (broad SMARTS) is 1. The van der Waals surface area contributed by atoms with Crippen molar-refractivity contribution >= 4 is 23.0 Å². The molecule has 0 aliphatic heterocycles. The summed E-state index contributed by atoms with van der Waals surface area (Å²) in [4.78, 5) is 28.7. The Labute approximate surface area is 219 Å². The zero-order chi connectivity index (χ0) is 27.9. The highest BCUT2D eigenvalue weighted by Crippen LogP contribution is 2.35. The number of anilines is 1. The number of pyridine rings is 1. The second-order valence-corrected chi connectivity index (χ2v) is 9.49. The van der Waals surface area contributed by atoms with Gasteiger partial charge in [0.15, 0.2) is 17.3 Å². The molecule has 1 aliphatic carbocycles. The Kier molecular flexibility index (Phi) is 6.91. The molecule has 2 N–H and O–H groups in total. The number of imidazole rings is 1. The van der Waals surface area contributed by atoms with Gasteiger partial charge in [-0.25, -0.2) is 28.5 Å². The van der Waals surface area contributed by atoms with Crippen molar-refractivity contribution in [1.29, 1.82) is 0 Å². The second-order valence-electron chi connectivity index (χ2n) is 9.49. The van der Waals surface area contributed by atoms with E-state index in [9.17, 15) is 31.9 Å². The monoisotopic (exact) mass is 546 g/mol. The SMILES string of the molecule is CC(Nc1nc(C(=O)O)nc2nc(-c3cc(C(F)F)ccn3)n(Cc3ccc(C(F)(F)F)cc3)c12)C1CCC1. The highest BCUT2D eigenvalue weighted by molar-refractivity contribution is 5.92. The Bertz CT molecular complexity index is 1520. The maximum atomic E-state index is 13.5. The van der Waals surface area contributed by atoms with Crippen molar-refractivity contribution < 1.29 is 31.9 Å². The number of nitrogens with one attached hydrogen (secondary N) is 1. The van der Waals surface area contributed by atoms with Gasteiger partial charge in [0.1, 0.15) is 11.2 Å². The Morgan fingerprint density at radius 1 is 1.13 bits per heavy atom. The lowest BCUT2D eigenvalue weighted by molar-refractivity contribution is -0.137. The van der Waals surface area contributed by atoms with Crippen molar-refractivity contribution in [2.45, 2.75) is 51.4 Å². The number of hydrogen-bond donors (Lipinski definition) is 2. The number of alkyl halides is 5. The van der Waals surface area contributed by atoms with Gasteiger partial charge in [-0.15, -0.1) is 0 Å². The number of fused-ring (bicyclic) bond motifs is 1.